The number of ether oxygens (including phenoxy) is 3. The van der Waals surface area contributed by atoms with Crippen molar-refractivity contribution in [1.82, 2.24) is 9.97 Å². The number of thiazole rings is 1. The SMILES string of the molecule is COc1ccc2nc(N(Cc3cccnc3)C(=O)/C=C/c3ccc4c(c3)OCO4)sc2c1. The number of benzene rings is 2. The van der Waals surface area contributed by atoms with Crippen LogP contribution in [0.5, 0.6) is 17.2 Å². The first kappa shape index (κ1) is 20.0. The molecule has 2 aromatic heterocycles. The van der Waals surface area contributed by atoms with Gasteiger partial charge >= 0.3 is 0 Å². The normalized spacial score (nSPS) is 12.4. The minimum atomic E-state index is -0.183. The summed E-state index contributed by atoms with van der Waals surface area (Å²) < 4.78 is 17.0. The summed E-state index contributed by atoms with van der Waals surface area (Å²) in [6, 6.07) is 15.0. The molecule has 4 aromatic rings. The fourth-order valence-electron chi connectivity index (χ4n) is 3.32. The van der Waals surface area contributed by atoms with Gasteiger partial charge in [0.1, 0.15) is 5.75 Å². The second-order valence-electron chi connectivity index (χ2n) is 7.06. The van der Waals surface area contributed by atoms with Crippen LogP contribution in [-0.4, -0.2) is 29.8 Å². The fraction of sp³-hybridized carbons (Fsp3) is 0.125. The van der Waals surface area contributed by atoms with E-state index in [4.69, 9.17) is 14.2 Å². The van der Waals surface area contributed by atoms with Crippen LogP contribution in [0.15, 0.2) is 67.0 Å². The number of hydrogen-bond donors (Lipinski definition) is 0. The summed E-state index contributed by atoms with van der Waals surface area (Å²) >= 11 is 1.44. The van der Waals surface area contributed by atoms with E-state index < -0.39 is 0 Å². The number of aromatic nitrogens is 2. The number of fused-ring (bicyclic) bond motifs is 2. The second-order valence-corrected chi connectivity index (χ2v) is 8.07. The topological polar surface area (TPSA) is 73.8 Å². The zero-order valence-corrected chi connectivity index (χ0v) is 18.0. The van der Waals surface area contributed by atoms with Crippen LogP contribution in [0.4, 0.5) is 5.13 Å². The molecular formula is C24H19N3O4S. The molecule has 1 aliphatic rings. The monoisotopic (exact) mass is 445 g/mol. The summed E-state index contributed by atoms with van der Waals surface area (Å²) in [6.07, 6.45) is 6.76. The van der Waals surface area contributed by atoms with Gasteiger partial charge in [-0.15, -0.1) is 0 Å². The van der Waals surface area contributed by atoms with Crippen LogP contribution in [0.3, 0.4) is 0 Å². The first-order valence-electron chi connectivity index (χ1n) is 9.92. The van der Waals surface area contributed by atoms with E-state index in [0.717, 1.165) is 27.1 Å². The third-order valence-corrected chi connectivity index (χ3v) is 6.00. The Labute approximate surface area is 188 Å². The number of nitrogens with zero attached hydrogens (tertiary/aromatic N) is 3. The molecule has 0 aliphatic carbocycles. The van der Waals surface area contributed by atoms with E-state index in [1.165, 1.54) is 11.3 Å². The lowest BCUT2D eigenvalue weighted by Gasteiger charge is -2.18. The van der Waals surface area contributed by atoms with Gasteiger partial charge in [0.15, 0.2) is 16.6 Å². The van der Waals surface area contributed by atoms with Gasteiger partial charge in [0.2, 0.25) is 6.79 Å². The largest absolute Gasteiger partial charge is 0.497 e. The van der Waals surface area contributed by atoms with Crippen LogP contribution >= 0.6 is 11.3 Å². The van der Waals surface area contributed by atoms with E-state index in [1.807, 2.05) is 48.5 Å². The Bertz CT molecular complexity index is 1300. The van der Waals surface area contributed by atoms with Crippen molar-refractivity contribution in [2.45, 2.75) is 6.54 Å². The molecular weight excluding hydrogens is 426 g/mol. The summed E-state index contributed by atoms with van der Waals surface area (Å²) in [5, 5.41) is 0.609. The molecule has 7 nitrogen and oxygen atoms in total. The summed E-state index contributed by atoms with van der Waals surface area (Å²) in [6.45, 7) is 0.567. The molecule has 8 heteroatoms. The summed E-state index contributed by atoms with van der Waals surface area (Å²) in [7, 11) is 1.63. The Hall–Kier alpha value is -3.91. The third kappa shape index (κ3) is 4.13. The maximum Gasteiger partial charge on any atom is 0.253 e. The molecule has 0 saturated heterocycles. The van der Waals surface area contributed by atoms with Crippen LogP contribution in [0.25, 0.3) is 16.3 Å². The van der Waals surface area contributed by atoms with Crippen molar-refractivity contribution in [3.8, 4) is 17.2 Å². The van der Waals surface area contributed by atoms with Gasteiger partial charge in [0.05, 0.1) is 23.9 Å². The lowest BCUT2D eigenvalue weighted by molar-refractivity contribution is -0.114. The molecule has 0 N–H and O–H groups in total. The van der Waals surface area contributed by atoms with E-state index in [2.05, 4.69) is 9.97 Å². The van der Waals surface area contributed by atoms with Crippen LogP contribution in [-0.2, 0) is 11.3 Å². The maximum atomic E-state index is 13.3. The molecule has 160 valence electrons. The van der Waals surface area contributed by atoms with Crippen molar-refractivity contribution in [3.05, 3.63) is 78.1 Å². The van der Waals surface area contributed by atoms with E-state index in [1.54, 1.807) is 36.6 Å². The zero-order chi connectivity index (χ0) is 21.9. The lowest BCUT2D eigenvalue weighted by atomic mass is 10.2. The highest BCUT2D eigenvalue weighted by atomic mass is 32.1. The molecule has 0 bridgehead atoms. The van der Waals surface area contributed by atoms with Gasteiger partial charge in [-0.3, -0.25) is 14.7 Å². The average Bonchev–Trinajstić information content (AvgIpc) is 3.47. The Morgan fingerprint density at radius 3 is 2.94 bits per heavy atom. The Morgan fingerprint density at radius 2 is 2.09 bits per heavy atom. The van der Waals surface area contributed by atoms with Gasteiger partial charge in [-0.05, 0) is 53.6 Å². The van der Waals surface area contributed by atoms with Gasteiger partial charge in [0.25, 0.3) is 5.91 Å². The quantitative estimate of drug-likeness (QED) is 0.402. The van der Waals surface area contributed by atoms with Crippen LogP contribution in [0, 0.1) is 0 Å². The Balaban J connectivity index is 1.46. The summed E-state index contributed by atoms with van der Waals surface area (Å²) in [5.41, 5.74) is 2.57. The number of methoxy groups -OCH3 is 1. The predicted molar refractivity (Wildman–Crippen MR) is 123 cm³/mol. The van der Waals surface area contributed by atoms with Crippen molar-refractivity contribution in [2.75, 3.05) is 18.8 Å². The van der Waals surface area contributed by atoms with E-state index in [0.29, 0.717) is 23.2 Å². The fourth-order valence-corrected chi connectivity index (χ4v) is 4.32. The minimum Gasteiger partial charge on any atom is -0.497 e. The summed E-state index contributed by atoms with van der Waals surface area (Å²) in [4.78, 5) is 23.8. The van der Waals surface area contributed by atoms with Gasteiger partial charge in [0, 0.05) is 18.5 Å². The van der Waals surface area contributed by atoms with Crippen molar-refractivity contribution < 1.29 is 19.0 Å². The molecule has 3 heterocycles. The first-order valence-corrected chi connectivity index (χ1v) is 10.7. The van der Waals surface area contributed by atoms with Gasteiger partial charge in [-0.25, -0.2) is 4.98 Å². The van der Waals surface area contributed by atoms with Crippen molar-refractivity contribution in [3.63, 3.8) is 0 Å². The molecule has 0 unspecified atom stereocenters. The number of hydrogen-bond acceptors (Lipinski definition) is 7. The zero-order valence-electron chi connectivity index (χ0n) is 17.2. The van der Waals surface area contributed by atoms with Gasteiger partial charge in [-0.1, -0.05) is 23.5 Å². The number of amides is 1. The smallest absolute Gasteiger partial charge is 0.253 e. The highest BCUT2D eigenvalue weighted by molar-refractivity contribution is 7.22. The average molecular weight is 446 g/mol. The molecule has 0 atom stereocenters. The minimum absolute atomic E-state index is 0.183. The molecule has 0 fully saturated rings. The Morgan fingerprint density at radius 1 is 1.19 bits per heavy atom. The lowest BCUT2D eigenvalue weighted by Crippen LogP contribution is -2.28. The highest BCUT2D eigenvalue weighted by Gasteiger charge is 2.19. The molecule has 0 spiro atoms. The maximum absolute atomic E-state index is 13.3. The first-order chi connectivity index (χ1) is 15.7. The number of carbonyl (C=O) groups excluding carboxylic acids is 1. The molecule has 1 amide bonds. The van der Waals surface area contributed by atoms with E-state index in [9.17, 15) is 4.79 Å². The molecule has 0 saturated carbocycles. The molecule has 2 aromatic carbocycles. The molecule has 0 radical (unpaired) electrons. The number of rotatable bonds is 6. The van der Waals surface area contributed by atoms with Crippen molar-refractivity contribution >= 4 is 38.7 Å². The van der Waals surface area contributed by atoms with E-state index in [-0.39, 0.29) is 12.7 Å². The number of anilines is 1. The molecule has 1 aliphatic heterocycles. The van der Waals surface area contributed by atoms with Crippen LogP contribution in [0.1, 0.15) is 11.1 Å². The number of pyridine rings is 1. The molecule has 32 heavy (non-hydrogen) atoms. The molecule has 5 rings (SSSR count). The number of carbonyl (C=O) groups is 1. The standard InChI is InChI=1S/C24H19N3O4S/c1-29-18-6-7-19-22(12-18)32-24(26-19)27(14-17-3-2-10-25-13-17)23(28)9-5-16-4-8-20-21(11-16)31-15-30-20/h2-13H,14-15H2,1H3/b9-5+. The van der Waals surface area contributed by atoms with E-state index >= 15 is 0 Å². The van der Waals surface area contributed by atoms with Crippen molar-refractivity contribution in [2.24, 2.45) is 0 Å². The predicted octanol–water partition coefficient (Wildman–Crippen LogP) is 4.68. The van der Waals surface area contributed by atoms with Gasteiger partial charge < -0.3 is 14.2 Å². The summed E-state index contributed by atoms with van der Waals surface area (Å²) in [5.74, 6) is 1.95. The van der Waals surface area contributed by atoms with Crippen molar-refractivity contribution in [1.29, 1.82) is 0 Å². The van der Waals surface area contributed by atoms with Crippen LogP contribution < -0.4 is 19.1 Å². The third-order valence-electron chi connectivity index (χ3n) is 4.96. The van der Waals surface area contributed by atoms with Crippen LogP contribution in [0.2, 0.25) is 0 Å². The highest BCUT2D eigenvalue weighted by Crippen LogP contribution is 2.34. The second kappa shape index (κ2) is 8.68. The van der Waals surface area contributed by atoms with Gasteiger partial charge in [-0.2, -0.15) is 0 Å². The Kier molecular flexibility index (Phi) is 5.43.